The lowest BCUT2D eigenvalue weighted by Gasteiger charge is -2.33. The summed E-state index contributed by atoms with van der Waals surface area (Å²) in [6, 6.07) is 9.15. The third-order valence-corrected chi connectivity index (χ3v) is 5.46. The lowest BCUT2D eigenvalue weighted by Crippen LogP contribution is -2.38. The Hall–Kier alpha value is -2.73. The van der Waals surface area contributed by atoms with Crippen LogP contribution in [0.5, 0.6) is 0 Å². The molecule has 0 bridgehead atoms. The number of anilines is 1. The number of pyridine rings is 1. The summed E-state index contributed by atoms with van der Waals surface area (Å²) < 4.78 is 0. The van der Waals surface area contributed by atoms with Gasteiger partial charge in [0, 0.05) is 30.2 Å². The number of aryl methyl sites for hydroxylation is 1. The minimum Gasteiger partial charge on any atom is -0.312 e. The third-order valence-electron chi connectivity index (χ3n) is 5.46. The van der Waals surface area contributed by atoms with Gasteiger partial charge in [0.2, 0.25) is 5.91 Å². The first-order valence-corrected chi connectivity index (χ1v) is 8.41. The summed E-state index contributed by atoms with van der Waals surface area (Å²) in [4.78, 5) is 30.7. The maximum Gasteiger partial charge on any atom is 0.274 e. The quantitative estimate of drug-likeness (QED) is 0.649. The van der Waals surface area contributed by atoms with E-state index in [0.29, 0.717) is 18.5 Å². The molecule has 0 saturated carbocycles. The monoisotopic (exact) mass is 337 g/mol. The van der Waals surface area contributed by atoms with Gasteiger partial charge in [0.15, 0.2) is 0 Å². The molecule has 1 aromatic heterocycles. The number of carbonyl (C=O) groups excluding carboxylic acids is 2. The van der Waals surface area contributed by atoms with Crippen LogP contribution >= 0.6 is 0 Å². The molecule has 4 rings (SSSR count). The molecule has 2 amide bonds. The van der Waals surface area contributed by atoms with E-state index < -0.39 is 11.3 Å². The van der Waals surface area contributed by atoms with Crippen molar-refractivity contribution in [3.63, 3.8) is 0 Å². The molecular formula is C19H19N3O3. The van der Waals surface area contributed by atoms with E-state index in [4.69, 9.17) is 5.21 Å². The fraction of sp³-hybridized carbons (Fsp3) is 0.316. The summed E-state index contributed by atoms with van der Waals surface area (Å²) in [6.45, 7) is 0.703. The maximum absolute atomic E-state index is 13.2. The number of hydrogen-bond donors (Lipinski definition) is 2. The number of benzene rings is 1. The van der Waals surface area contributed by atoms with Crippen LogP contribution in [0.3, 0.4) is 0 Å². The van der Waals surface area contributed by atoms with Crippen molar-refractivity contribution in [1.82, 2.24) is 10.5 Å². The molecule has 1 aliphatic heterocycles. The van der Waals surface area contributed by atoms with Crippen molar-refractivity contribution in [3.8, 4) is 0 Å². The Morgan fingerprint density at radius 3 is 2.72 bits per heavy atom. The van der Waals surface area contributed by atoms with Gasteiger partial charge in [-0.1, -0.05) is 6.07 Å². The minimum absolute atomic E-state index is 0.154. The van der Waals surface area contributed by atoms with Crippen LogP contribution in [0.1, 0.15) is 34.3 Å². The Balaban J connectivity index is 1.63. The zero-order valence-electron chi connectivity index (χ0n) is 13.7. The number of hydrogen-bond acceptors (Lipinski definition) is 4. The number of hydroxylamine groups is 1. The molecule has 2 heterocycles. The predicted molar refractivity (Wildman–Crippen MR) is 91.4 cm³/mol. The van der Waals surface area contributed by atoms with Gasteiger partial charge in [0.05, 0.1) is 5.41 Å². The van der Waals surface area contributed by atoms with Crippen LogP contribution in [0.4, 0.5) is 5.69 Å². The first-order chi connectivity index (χ1) is 12.1. The van der Waals surface area contributed by atoms with Crippen molar-refractivity contribution in [1.29, 1.82) is 0 Å². The lowest BCUT2D eigenvalue weighted by molar-refractivity contribution is -0.126. The molecule has 128 valence electrons. The van der Waals surface area contributed by atoms with E-state index in [9.17, 15) is 9.59 Å². The molecule has 1 aliphatic carbocycles. The van der Waals surface area contributed by atoms with Gasteiger partial charge in [-0.3, -0.25) is 19.8 Å². The molecule has 1 saturated heterocycles. The molecule has 1 aromatic carbocycles. The van der Waals surface area contributed by atoms with Gasteiger partial charge in [0.1, 0.15) is 0 Å². The van der Waals surface area contributed by atoms with E-state index in [-0.39, 0.29) is 5.91 Å². The van der Waals surface area contributed by atoms with Gasteiger partial charge in [-0.05, 0) is 61.1 Å². The van der Waals surface area contributed by atoms with E-state index in [1.165, 1.54) is 5.56 Å². The van der Waals surface area contributed by atoms with Crippen molar-refractivity contribution in [2.45, 2.75) is 25.7 Å². The molecule has 6 nitrogen and oxygen atoms in total. The highest BCUT2D eigenvalue weighted by atomic mass is 16.5. The van der Waals surface area contributed by atoms with Crippen molar-refractivity contribution in [2.75, 3.05) is 11.4 Å². The zero-order chi connectivity index (χ0) is 17.4. The van der Waals surface area contributed by atoms with Crippen molar-refractivity contribution >= 4 is 17.5 Å². The standard InChI is InChI=1S/C19H19N3O3/c23-17(21-25)14-2-1-13-3-6-19(12-15(13)11-14)7-10-22(18(19)24)16-4-8-20-9-5-16/h1-2,4-5,8-9,11,25H,3,6-7,10,12H2,(H,21,23). The number of nitrogens with zero attached hydrogens (tertiary/aromatic N) is 2. The summed E-state index contributed by atoms with van der Waals surface area (Å²) in [5, 5.41) is 8.83. The molecule has 25 heavy (non-hydrogen) atoms. The fourth-order valence-corrected chi connectivity index (χ4v) is 4.05. The van der Waals surface area contributed by atoms with Crippen molar-refractivity contribution < 1.29 is 14.8 Å². The number of amides is 2. The molecule has 1 fully saturated rings. The smallest absolute Gasteiger partial charge is 0.274 e. The zero-order valence-corrected chi connectivity index (χ0v) is 13.7. The summed E-state index contributed by atoms with van der Waals surface area (Å²) in [5.41, 5.74) is 4.77. The Kier molecular flexibility index (Phi) is 3.77. The van der Waals surface area contributed by atoms with Gasteiger partial charge in [0.25, 0.3) is 5.91 Å². The summed E-state index contributed by atoms with van der Waals surface area (Å²) in [6.07, 6.45) is 6.49. The van der Waals surface area contributed by atoms with E-state index in [1.807, 2.05) is 23.1 Å². The Morgan fingerprint density at radius 2 is 1.96 bits per heavy atom. The number of fused-ring (bicyclic) bond motifs is 1. The number of aromatic nitrogens is 1. The highest BCUT2D eigenvalue weighted by Crippen LogP contribution is 2.45. The van der Waals surface area contributed by atoms with Gasteiger partial charge in [-0.25, -0.2) is 5.48 Å². The van der Waals surface area contributed by atoms with Crippen LogP contribution in [0, 0.1) is 5.41 Å². The maximum atomic E-state index is 13.2. The first-order valence-electron chi connectivity index (χ1n) is 8.41. The molecule has 1 unspecified atom stereocenters. The highest BCUT2D eigenvalue weighted by molar-refractivity contribution is 6.00. The second kappa shape index (κ2) is 5.97. The fourth-order valence-electron chi connectivity index (χ4n) is 4.05. The predicted octanol–water partition coefficient (Wildman–Crippen LogP) is 2.11. The molecule has 6 heteroatoms. The number of rotatable bonds is 2. The minimum atomic E-state index is -0.529. The van der Waals surface area contributed by atoms with E-state index in [0.717, 1.165) is 30.5 Å². The molecule has 0 radical (unpaired) electrons. The van der Waals surface area contributed by atoms with Crippen LogP contribution < -0.4 is 10.4 Å². The highest BCUT2D eigenvalue weighted by Gasteiger charge is 2.48. The molecule has 1 atom stereocenters. The molecular weight excluding hydrogens is 318 g/mol. The van der Waals surface area contributed by atoms with Gasteiger partial charge >= 0.3 is 0 Å². The van der Waals surface area contributed by atoms with Crippen molar-refractivity contribution in [2.24, 2.45) is 5.41 Å². The lowest BCUT2D eigenvalue weighted by atomic mass is 9.70. The summed E-state index contributed by atoms with van der Waals surface area (Å²) in [7, 11) is 0. The topological polar surface area (TPSA) is 82.5 Å². The average molecular weight is 337 g/mol. The molecule has 2 N–H and O–H groups in total. The van der Waals surface area contributed by atoms with E-state index in [2.05, 4.69) is 4.98 Å². The Labute approximate surface area is 145 Å². The number of nitrogens with one attached hydrogen (secondary N) is 1. The average Bonchev–Trinajstić information content (AvgIpc) is 2.97. The summed E-state index contributed by atoms with van der Waals surface area (Å²) in [5.74, 6) is -0.375. The van der Waals surface area contributed by atoms with E-state index in [1.54, 1.807) is 30.0 Å². The Morgan fingerprint density at radius 1 is 1.16 bits per heavy atom. The second-order valence-electron chi connectivity index (χ2n) is 6.79. The van der Waals surface area contributed by atoms with Crippen LogP contribution in [-0.4, -0.2) is 28.6 Å². The molecule has 2 aliphatic rings. The second-order valence-corrected chi connectivity index (χ2v) is 6.79. The molecule has 2 aromatic rings. The number of carbonyl (C=O) groups is 2. The molecule has 1 spiro atoms. The Bertz CT molecular complexity index is 837. The normalized spacial score (nSPS) is 22.1. The van der Waals surface area contributed by atoms with Crippen LogP contribution in [0.15, 0.2) is 42.7 Å². The van der Waals surface area contributed by atoms with Crippen LogP contribution in [-0.2, 0) is 17.6 Å². The van der Waals surface area contributed by atoms with Gasteiger partial charge in [-0.2, -0.15) is 0 Å². The van der Waals surface area contributed by atoms with Crippen molar-refractivity contribution in [3.05, 3.63) is 59.4 Å². The van der Waals surface area contributed by atoms with Crippen LogP contribution in [0.25, 0.3) is 0 Å². The summed E-state index contributed by atoms with van der Waals surface area (Å²) >= 11 is 0. The van der Waals surface area contributed by atoms with Gasteiger partial charge < -0.3 is 4.90 Å². The first kappa shape index (κ1) is 15.8. The van der Waals surface area contributed by atoms with Gasteiger partial charge in [-0.15, -0.1) is 0 Å². The van der Waals surface area contributed by atoms with E-state index >= 15 is 0 Å². The SMILES string of the molecule is O=C(NO)c1ccc2c(c1)CC1(CC2)CCN(c2ccncc2)C1=O. The third kappa shape index (κ3) is 2.59. The van der Waals surface area contributed by atoms with Crippen LogP contribution in [0.2, 0.25) is 0 Å². The largest absolute Gasteiger partial charge is 0.312 e.